The fourth-order valence-corrected chi connectivity index (χ4v) is 1.47. The Balaban J connectivity index is 2.32. The van der Waals surface area contributed by atoms with Gasteiger partial charge in [0.05, 0.1) is 7.11 Å². The van der Waals surface area contributed by atoms with Crippen LogP contribution in [0.3, 0.4) is 0 Å². The van der Waals surface area contributed by atoms with Crippen LogP contribution in [0.1, 0.15) is 19.4 Å². The second-order valence-electron chi connectivity index (χ2n) is 4.24. The summed E-state index contributed by atoms with van der Waals surface area (Å²) in [6.07, 6.45) is 0. The van der Waals surface area contributed by atoms with Gasteiger partial charge in [-0.25, -0.2) is 4.39 Å². The highest BCUT2D eigenvalue weighted by Gasteiger charge is 2.03. The molecule has 0 aliphatic rings. The maximum atomic E-state index is 13.5. The van der Waals surface area contributed by atoms with Crippen molar-refractivity contribution >= 4 is 0 Å². The van der Waals surface area contributed by atoms with Crippen LogP contribution in [0, 0.1) is 5.82 Å². The standard InChI is InChI=1S/C13H21FN2O/c1-10(2)16-7-6-15-9-11-4-5-12(17-3)8-13(11)14/h4-5,8,10,15-16H,6-7,9H2,1-3H3. The van der Waals surface area contributed by atoms with Crippen molar-refractivity contribution in [3.05, 3.63) is 29.6 Å². The van der Waals surface area contributed by atoms with Gasteiger partial charge in [-0.2, -0.15) is 0 Å². The number of hydrogen-bond acceptors (Lipinski definition) is 3. The lowest BCUT2D eigenvalue weighted by Gasteiger charge is -2.10. The summed E-state index contributed by atoms with van der Waals surface area (Å²) in [5.41, 5.74) is 0.662. The van der Waals surface area contributed by atoms with E-state index in [1.165, 1.54) is 13.2 Å². The maximum absolute atomic E-state index is 13.5. The molecule has 1 rings (SSSR count). The predicted molar refractivity (Wildman–Crippen MR) is 67.8 cm³/mol. The summed E-state index contributed by atoms with van der Waals surface area (Å²) in [5.74, 6) is 0.321. The summed E-state index contributed by atoms with van der Waals surface area (Å²) in [6.45, 7) is 6.45. The molecule has 96 valence electrons. The van der Waals surface area contributed by atoms with Gasteiger partial charge < -0.3 is 15.4 Å². The molecule has 0 aromatic heterocycles. The topological polar surface area (TPSA) is 33.3 Å². The molecule has 0 spiro atoms. The van der Waals surface area contributed by atoms with Crippen LogP contribution in [0.15, 0.2) is 18.2 Å². The molecule has 1 aromatic rings. The van der Waals surface area contributed by atoms with Crippen LogP contribution < -0.4 is 15.4 Å². The van der Waals surface area contributed by atoms with Gasteiger partial charge in [0.2, 0.25) is 0 Å². The summed E-state index contributed by atoms with van der Waals surface area (Å²) in [7, 11) is 1.53. The van der Waals surface area contributed by atoms with Gasteiger partial charge in [-0.3, -0.25) is 0 Å². The third-order valence-corrected chi connectivity index (χ3v) is 2.43. The summed E-state index contributed by atoms with van der Waals surface area (Å²) in [5, 5.41) is 6.48. The second kappa shape index (κ2) is 7.25. The third kappa shape index (κ3) is 5.15. The smallest absolute Gasteiger partial charge is 0.131 e. The van der Waals surface area contributed by atoms with Crippen molar-refractivity contribution < 1.29 is 9.13 Å². The van der Waals surface area contributed by atoms with E-state index in [9.17, 15) is 4.39 Å². The largest absolute Gasteiger partial charge is 0.497 e. The van der Waals surface area contributed by atoms with E-state index in [4.69, 9.17) is 4.74 Å². The molecule has 0 amide bonds. The van der Waals surface area contributed by atoms with Crippen LogP contribution >= 0.6 is 0 Å². The van der Waals surface area contributed by atoms with E-state index in [0.717, 1.165) is 13.1 Å². The average Bonchev–Trinajstić information content (AvgIpc) is 2.30. The van der Waals surface area contributed by atoms with E-state index in [-0.39, 0.29) is 5.82 Å². The molecule has 2 N–H and O–H groups in total. The molecule has 3 nitrogen and oxygen atoms in total. The zero-order valence-corrected chi connectivity index (χ0v) is 10.7. The Morgan fingerprint density at radius 1 is 1.29 bits per heavy atom. The molecule has 0 bridgehead atoms. The van der Waals surface area contributed by atoms with E-state index in [1.807, 2.05) is 0 Å². The van der Waals surface area contributed by atoms with E-state index in [0.29, 0.717) is 23.9 Å². The fraction of sp³-hybridized carbons (Fsp3) is 0.538. The summed E-state index contributed by atoms with van der Waals surface area (Å²) in [4.78, 5) is 0. The van der Waals surface area contributed by atoms with Crippen LogP contribution in [0.5, 0.6) is 5.75 Å². The Morgan fingerprint density at radius 2 is 2.06 bits per heavy atom. The van der Waals surface area contributed by atoms with Crippen molar-refractivity contribution in [3.63, 3.8) is 0 Å². The van der Waals surface area contributed by atoms with Gasteiger partial charge >= 0.3 is 0 Å². The molecule has 17 heavy (non-hydrogen) atoms. The lowest BCUT2D eigenvalue weighted by molar-refractivity contribution is 0.410. The SMILES string of the molecule is COc1ccc(CNCCNC(C)C)c(F)c1. The number of ether oxygens (including phenoxy) is 1. The highest BCUT2D eigenvalue weighted by atomic mass is 19.1. The first-order valence-electron chi connectivity index (χ1n) is 5.90. The van der Waals surface area contributed by atoms with E-state index in [2.05, 4.69) is 24.5 Å². The second-order valence-corrected chi connectivity index (χ2v) is 4.24. The van der Waals surface area contributed by atoms with E-state index < -0.39 is 0 Å². The molecule has 0 unspecified atom stereocenters. The van der Waals surface area contributed by atoms with Gasteiger partial charge in [0.1, 0.15) is 11.6 Å². The average molecular weight is 240 g/mol. The molecule has 0 saturated carbocycles. The van der Waals surface area contributed by atoms with E-state index >= 15 is 0 Å². The molecule has 4 heteroatoms. The van der Waals surface area contributed by atoms with Gasteiger partial charge in [0.15, 0.2) is 0 Å². The van der Waals surface area contributed by atoms with Crippen molar-refractivity contribution in [2.75, 3.05) is 20.2 Å². The monoisotopic (exact) mass is 240 g/mol. The zero-order valence-electron chi connectivity index (χ0n) is 10.7. The Labute approximate surface area is 102 Å². The van der Waals surface area contributed by atoms with Crippen LogP contribution in [0.4, 0.5) is 4.39 Å². The van der Waals surface area contributed by atoms with Crippen LogP contribution in [0.2, 0.25) is 0 Å². The first-order valence-corrected chi connectivity index (χ1v) is 5.90. The molecular formula is C13H21FN2O. The van der Waals surface area contributed by atoms with Gasteiger partial charge in [-0.15, -0.1) is 0 Å². The number of hydrogen-bond donors (Lipinski definition) is 2. The van der Waals surface area contributed by atoms with Crippen molar-refractivity contribution in [2.24, 2.45) is 0 Å². The number of methoxy groups -OCH3 is 1. The van der Waals surface area contributed by atoms with Gasteiger partial charge in [-0.1, -0.05) is 19.9 Å². The number of halogens is 1. The predicted octanol–water partition coefficient (Wildman–Crippen LogP) is 1.92. The van der Waals surface area contributed by atoms with Crippen LogP contribution in [0.25, 0.3) is 0 Å². The van der Waals surface area contributed by atoms with Crippen molar-refractivity contribution in [1.29, 1.82) is 0 Å². The van der Waals surface area contributed by atoms with Crippen molar-refractivity contribution in [2.45, 2.75) is 26.4 Å². The number of benzene rings is 1. The number of nitrogens with one attached hydrogen (secondary N) is 2. The molecule has 0 aliphatic heterocycles. The minimum absolute atomic E-state index is 0.228. The first-order chi connectivity index (χ1) is 8.13. The molecule has 0 radical (unpaired) electrons. The van der Waals surface area contributed by atoms with Gasteiger partial charge in [0, 0.05) is 37.3 Å². The zero-order chi connectivity index (χ0) is 12.7. The van der Waals surface area contributed by atoms with Crippen molar-refractivity contribution in [1.82, 2.24) is 10.6 Å². The molecule has 0 heterocycles. The summed E-state index contributed by atoms with van der Waals surface area (Å²) < 4.78 is 18.5. The normalized spacial score (nSPS) is 10.9. The Kier molecular flexibility index (Phi) is 5.94. The lowest BCUT2D eigenvalue weighted by Crippen LogP contribution is -2.31. The molecule has 0 atom stereocenters. The minimum atomic E-state index is -0.228. The highest BCUT2D eigenvalue weighted by molar-refractivity contribution is 5.28. The Hall–Kier alpha value is -1.13. The summed E-state index contributed by atoms with van der Waals surface area (Å²) in [6, 6.07) is 5.40. The molecule has 0 fully saturated rings. The Morgan fingerprint density at radius 3 is 2.65 bits per heavy atom. The highest BCUT2D eigenvalue weighted by Crippen LogP contribution is 2.15. The minimum Gasteiger partial charge on any atom is -0.497 e. The molecule has 0 saturated heterocycles. The van der Waals surface area contributed by atoms with Crippen LogP contribution in [-0.4, -0.2) is 26.2 Å². The van der Waals surface area contributed by atoms with Gasteiger partial charge in [-0.05, 0) is 6.07 Å². The fourth-order valence-electron chi connectivity index (χ4n) is 1.47. The lowest BCUT2D eigenvalue weighted by atomic mass is 10.2. The van der Waals surface area contributed by atoms with Gasteiger partial charge in [0.25, 0.3) is 0 Å². The molecule has 0 aliphatic carbocycles. The van der Waals surface area contributed by atoms with Crippen LogP contribution in [-0.2, 0) is 6.54 Å². The first kappa shape index (κ1) is 13.9. The molecule has 1 aromatic carbocycles. The molecular weight excluding hydrogens is 219 g/mol. The van der Waals surface area contributed by atoms with Crippen molar-refractivity contribution in [3.8, 4) is 5.75 Å². The summed E-state index contributed by atoms with van der Waals surface area (Å²) >= 11 is 0. The third-order valence-electron chi connectivity index (χ3n) is 2.43. The number of rotatable bonds is 7. The quantitative estimate of drug-likeness (QED) is 0.714. The van der Waals surface area contributed by atoms with E-state index in [1.54, 1.807) is 12.1 Å². The maximum Gasteiger partial charge on any atom is 0.131 e. The Bertz CT molecular complexity index is 342.